The van der Waals surface area contributed by atoms with Crippen LogP contribution in [-0.4, -0.2) is 11.6 Å². The largest absolute Gasteiger partial charge is 0.399 e. The van der Waals surface area contributed by atoms with Gasteiger partial charge < -0.3 is 5.73 Å². The number of nitrogens with two attached hydrogens (primary N) is 1. The number of amides is 1. The van der Waals surface area contributed by atoms with E-state index in [1.165, 1.54) is 0 Å². The van der Waals surface area contributed by atoms with Gasteiger partial charge >= 0.3 is 0 Å². The van der Waals surface area contributed by atoms with Gasteiger partial charge in [0, 0.05) is 10.2 Å². The Bertz CT molecular complexity index is 668. The van der Waals surface area contributed by atoms with Crippen LogP contribution in [-0.2, 0) is 0 Å². The van der Waals surface area contributed by atoms with E-state index < -0.39 is 0 Å². The van der Waals surface area contributed by atoms with Crippen molar-refractivity contribution >= 4 is 33.2 Å². The number of nitrogens with zero attached hydrogens (tertiary/aromatic N) is 1. The molecular weight excluding hydrogens is 318 g/mol. The summed E-state index contributed by atoms with van der Waals surface area (Å²) in [6.07, 6.45) is 0. The lowest BCUT2D eigenvalue weighted by Crippen LogP contribution is -2.19. The van der Waals surface area contributed by atoms with Crippen molar-refractivity contribution < 1.29 is 4.79 Å². The molecule has 0 radical (unpaired) electrons. The van der Waals surface area contributed by atoms with E-state index in [2.05, 4.69) is 26.5 Å². The fourth-order valence-corrected chi connectivity index (χ4v) is 2.13. The lowest BCUT2D eigenvalue weighted by molar-refractivity contribution is 0.0954. The van der Waals surface area contributed by atoms with Gasteiger partial charge in [-0.05, 0) is 52.7 Å². The Hall–Kier alpha value is -2.14. The average molecular weight is 332 g/mol. The summed E-state index contributed by atoms with van der Waals surface area (Å²) in [6.45, 7) is 1.81. The summed E-state index contributed by atoms with van der Waals surface area (Å²) in [5.41, 5.74) is 11.0. The molecule has 0 aliphatic rings. The summed E-state index contributed by atoms with van der Waals surface area (Å²) in [4.78, 5) is 12.0. The number of carbonyl (C=O) groups is 1. The molecule has 4 nitrogen and oxygen atoms in total. The Morgan fingerprint density at radius 2 is 1.95 bits per heavy atom. The summed E-state index contributed by atoms with van der Waals surface area (Å²) >= 11 is 3.33. The summed E-state index contributed by atoms with van der Waals surface area (Å²) in [6, 6.07) is 14.5. The number of hydrogen-bond donors (Lipinski definition) is 2. The summed E-state index contributed by atoms with van der Waals surface area (Å²) in [7, 11) is 0. The maximum atomic E-state index is 12.0. The van der Waals surface area contributed by atoms with Gasteiger partial charge in [0.1, 0.15) is 0 Å². The maximum absolute atomic E-state index is 12.0. The Morgan fingerprint density at radius 1 is 1.20 bits per heavy atom. The zero-order valence-electron chi connectivity index (χ0n) is 10.9. The number of carbonyl (C=O) groups excluding carboxylic acids is 1. The minimum absolute atomic E-state index is 0.263. The van der Waals surface area contributed by atoms with Crippen LogP contribution in [0.5, 0.6) is 0 Å². The van der Waals surface area contributed by atoms with Crippen molar-refractivity contribution in [1.29, 1.82) is 0 Å². The first kappa shape index (κ1) is 14.3. The van der Waals surface area contributed by atoms with E-state index in [0.29, 0.717) is 17.0 Å². The van der Waals surface area contributed by atoms with Crippen LogP contribution in [0.2, 0.25) is 0 Å². The van der Waals surface area contributed by atoms with Crippen LogP contribution < -0.4 is 11.2 Å². The Balaban J connectivity index is 2.13. The molecule has 0 aromatic heterocycles. The van der Waals surface area contributed by atoms with Crippen LogP contribution in [0.1, 0.15) is 22.8 Å². The highest BCUT2D eigenvalue weighted by atomic mass is 79.9. The molecule has 2 aromatic rings. The quantitative estimate of drug-likeness (QED) is 0.515. The first-order chi connectivity index (χ1) is 9.58. The number of hydrogen-bond acceptors (Lipinski definition) is 3. The highest BCUT2D eigenvalue weighted by Gasteiger charge is 2.08. The van der Waals surface area contributed by atoms with E-state index >= 15 is 0 Å². The molecule has 1 amide bonds. The standard InChI is InChI=1S/C15H14BrN3O/c1-10(11-5-4-6-12(17)9-11)18-19-15(20)13-7-2-3-8-14(13)16/h2-9H,17H2,1H3,(H,19,20)/b18-10+. The zero-order chi connectivity index (χ0) is 14.5. The van der Waals surface area contributed by atoms with Crippen LogP contribution in [0.4, 0.5) is 5.69 Å². The third kappa shape index (κ3) is 3.45. The van der Waals surface area contributed by atoms with Crippen molar-refractivity contribution in [3.05, 3.63) is 64.1 Å². The van der Waals surface area contributed by atoms with Gasteiger partial charge in [0.25, 0.3) is 5.91 Å². The molecule has 0 spiro atoms. The predicted octanol–water partition coefficient (Wildman–Crippen LogP) is 3.19. The minimum atomic E-state index is -0.263. The number of anilines is 1. The topological polar surface area (TPSA) is 67.5 Å². The molecule has 20 heavy (non-hydrogen) atoms. The van der Waals surface area contributed by atoms with Crippen molar-refractivity contribution in [3.63, 3.8) is 0 Å². The highest BCUT2D eigenvalue weighted by molar-refractivity contribution is 9.10. The summed E-state index contributed by atoms with van der Waals surface area (Å²) in [5, 5.41) is 4.09. The molecule has 0 aliphatic carbocycles. The number of nitrogens with one attached hydrogen (secondary N) is 1. The SMILES string of the molecule is C/C(=N\NC(=O)c1ccccc1Br)c1cccc(N)c1. The number of nitrogen functional groups attached to an aromatic ring is 1. The molecule has 0 saturated carbocycles. The van der Waals surface area contributed by atoms with E-state index in [9.17, 15) is 4.79 Å². The Kier molecular flexibility index (Phi) is 4.53. The zero-order valence-corrected chi connectivity index (χ0v) is 12.5. The van der Waals surface area contributed by atoms with Gasteiger partial charge in [0.15, 0.2) is 0 Å². The molecule has 0 atom stereocenters. The molecule has 2 aromatic carbocycles. The number of benzene rings is 2. The molecular formula is C15H14BrN3O. The first-order valence-electron chi connectivity index (χ1n) is 6.03. The highest BCUT2D eigenvalue weighted by Crippen LogP contribution is 2.15. The first-order valence-corrected chi connectivity index (χ1v) is 6.82. The van der Waals surface area contributed by atoms with Gasteiger partial charge in [-0.2, -0.15) is 5.10 Å². The number of halogens is 1. The number of rotatable bonds is 3. The van der Waals surface area contributed by atoms with Crippen molar-refractivity contribution in [2.24, 2.45) is 5.10 Å². The number of hydrazone groups is 1. The molecule has 0 aliphatic heterocycles. The molecule has 2 rings (SSSR count). The molecule has 102 valence electrons. The second kappa shape index (κ2) is 6.34. The van der Waals surface area contributed by atoms with Crippen molar-refractivity contribution in [2.75, 3.05) is 5.73 Å². The molecule has 3 N–H and O–H groups in total. The molecule has 0 bridgehead atoms. The Morgan fingerprint density at radius 3 is 2.65 bits per heavy atom. The van der Waals surface area contributed by atoms with Crippen LogP contribution >= 0.6 is 15.9 Å². The van der Waals surface area contributed by atoms with E-state index in [1.807, 2.05) is 37.3 Å². The van der Waals surface area contributed by atoms with E-state index in [0.717, 1.165) is 10.0 Å². The van der Waals surface area contributed by atoms with Crippen LogP contribution in [0.3, 0.4) is 0 Å². The second-order valence-electron chi connectivity index (χ2n) is 4.24. The van der Waals surface area contributed by atoms with E-state index in [4.69, 9.17) is 5.73 Å². The molecule has 0 unspecified atom stereocenters. The van der Waals surface area contributed by atoms with Crippen LogP contribution in [0, 0.1) is 0 Å². The van der Waals surface area contributed by atoms with Crippen LogP contribution in [0.15, 0.2) is 58.1 Å². The van der Waals surface area contributed by atoms with Gasteiger partial charge in [0.2, 0.25) is 0 Å². The normalized spacial score (nSPS) is 11.2. The molecule has 0 saturated heterocycles. The Labute approximate surface area is 125 Å². The van der Waals surface area contributed by atoms with Gasteiger partial charge in [-0.25, -0.2) is 5.43 Å². The second-order valence-corrected chi connectivity index (χ2v) is 5.10. The third-order valence-electron chi connectivity index (χ3n) is 2.75. The van der Waals surface area contributed by atoms with Crippen molar-refractivity contribution in [3.8, 4) is 0 Å². The molecule has 0 heterocycles. The predicted molar refractivity (Wildman–Crippen MR) is 84.7 cm³/mol. The fourth-order valence-electron chi connectivity index (χ4n) is 1.67. The van der Waals surface area contributed by atoms with Crippen molar-refractivity contribution in [2.45, 2.75) is 6.92 Å². The van der Waals surface area contributed by atoms with Crippen LogP contribution in [0.25, 0.3) is 0 Å². The van der Waals surface area contributed by atoms with Gasteiger partial charge in [0.05, 0.1) is 11.3 Å². The van der Waals surface area contributed by atoms with E-state index in [1.54, 1.807) is 18.2 Å². The lowest BCUT2D eigenvalue weighted by Gasteiger charge is -2.05. The molecule has 0 fully saturated rings. The smallest absolute Gasteiger partial charge is 0.272 e. The monoisotopic (exact) mass is 331 g/mol. The minimum Gasteiger partial charge on any atom is -0.399 e. The summed E-state index contributed by atoms with van der Waals surface area (Å²) in [5.74, 6) is -0.263. The van der Waals surface area contributed by atoms with E-state index in [-0.39, 0.29) is 5.91 Å². The molecule has 5 heteroatoms. The maximum Gasteiger partial charge on any atom is 0.272 e. The third-order valence-corrected chi connectivity index (χ3v) is 3.44. The van der Waals surface area contributed by atoms with Crippen molar-refractivity contribution in [1.82, 2.24) is 5.43 Å². The average Bonchev–Trinajstić information content (AvgIpc) is 2.45. The fraction of sp³-hybridized carbons (Fsp3) is 0.0667. The van der Waals surface area contributed by atoms with Gasteiger partial charge in [-0.15, -0.1) is 0 Å². The van der Waals surface area contributed by atoms with Gasteiger partial charge in [-0.3, -0.25) is 4.79 Å². The summed E-state index contributed by atoms with van der Waals surface area (Å²) < 4.78 is 0.731. The lowest BCUT2D eigenvalue weighted by atomic mass is 10.1. The van der Waals surface area contributed by atoms with Gasteiger partial charge in [-0.1, -0.05) is 24.3 Å².